The standard InChI is InChI=1S/C22H19NO3/c1-12-7-8-16(13(2)11-12)23-17-9-10-18(24)20-19(17)21(25)14-5-3-4-6-15(14)22(20)26/h3-11,14-15,23-24H,1-2H3/t14-,15-/m1/s1. The predicted octanol–water partition coefficient (Wildman–Crippen LogP) is 4.49. The van der Waals surface area contributed by atoms with E-state index >= 15 is 0 Å². The lowest BCUT2D eigenvalue weighted by Gasteiger charge is -2.30. The second-order valence-corrected chi connectivity index (χ2v) is 6.88. The minimum Gasteiger partial charge on any atom is -0.507 e. The van der Waals surface area contributed by atoms with E-state index in [4.69, 9.17) is 0 Å². The average Bonchev–Trinajstić information content (AvgIpc) is 2.63. The van der Waals surface area contributed by atoms with Crippen LogP contribution in [0.1, 0.15) is 31.8 Å². The Labute approximate surface area is 151 Å². The van der Waals surface area contributed by atoms with Gasteiger partial charge in [0.15, 0.2) is 11.6 Å². The number of benzene rings is 2. The number of nitrogens with one attached hydrogen (secondary N) is 1. The molecule has 0 heterocycles. The van der Waals surface area contributed by atoms with E-state index in [1.54, 1.807) is 30.4 Å². The van der Waals surface area contributed by atoms with E-state index in [-0.39, 0.29) is 28.4 Å². The highest BCUT2D eigenvalue weighted by atomic mass is 16.3. The SMILES string of the molecule is Cc1ccc(Nc2ccc(O)c3c2C(=O)[C@@H]2C=CC=C[C@H]2C3=O)c(C)c1. The van der Waals surface area contributed by atoms with Gasteiger partial charge in [0.2, 0.25) is 0 Å². The number of ketones is 2. The summed E-state index contributed by atoms with van der Waals surface area (Å²) in [6.45, 7) is 4.00. The van der Waals surface area contributed by atoms with Gasteiger partial charge in [0.25, 0.3) is 0 Å². The van der Waals surface area contributed by atoms with Crippen molar-refractivity contribution >= 4 is 22.9 Å². The molecule has 2 aliphatic carbocycles. The third-order valence-electron chi connectivity index (χ3n) is 5.07. The van der Waals surface area contributed by atoms with Gasteiger partial charge in [-0.05, 0) is 37.6 Å². The Balaban J connectivity index is 1.85. The summed E-state index contributed by atoms with van der Waals surface area (Å²) in [5.74, 6) is -1.56. The number of aryl methyl sites for hydroxylation is 2. The first-order valence-electron chi connectivity index (χ1n) is 8.61. The van der Waals surface area contributed by atoms with E-state index in [0.29, 0.717) is 5.69 Å². The summed E-state index contributed by atoms with van der Waals surface area (Å²) >= 11 is 0. The van der Waals surface area contributed by atoms with Gasteiger partial charge in [0.05, 0.1) is 28.7 Å². The van der Waals surface area contributed by atoms with Crippen LogP contribution in [0.2, 0.25) is 0 Å². The van der Waals surface area contributed by atoms with Crippen molar-refractivity contribution in [1.82, 2.24) is 0 Å². The van der Waals surface area contributed by atoms with Crippen molar-refractivity contribution in [2.24, 2.45) is 11.8 Å². The van der Waals surface area contributed by atoms with Crippen molar-refractivity contribution in [3.63, 3.8) is 0 Å². The molecule has 4 nitrogen and oxygen atoms in total. The number of rotatable bonds is 2. The summed E-state index contributed by atoms with van der Waals surface area (Å²) in [6, 6.07) is 9.11. The molecule has 0 unspecified atom stereocenters. The number of hydrogen-bond donors (Lipinski definition) is 2. The van der Waals surface area contributed by atoms with Gasteiger partial charge in [-0.15, -0.1) is 0 Å². The number of hydrogen-bond acceptors (Lipinski definition) is 4. The first kappa shape index (κ1) is 16.3. The maximum Gasteiger partial charge on any atom is 0.175 e. The summed E-state index contributed by atoms with van der Waals surface area (Å²) in [6.07, 6.45) is 7.06. The molecule has 2 N–H and O–H groups in total. The maximum atomic E-state index is 13.1. The number of carbonyl (C=O) groups excluding carboxylic acids is 2. The number of phenols is 1. The van der Waals surface area contributed by atoms with Gasteiger partial charge in [0.1, 0.15) is 5.75 Å². The molecule has 4 rings (SSSR count). The van der Waals surface area contributed by atoms with Gasteiger partial charge in [-0.2, -0.15) is 0 Å². The van der Waals surface area contributed by atoms with Crippen LogP contribution in [0.25, 0.3) is 0 Å². The van der Waals surface area contributed by atoms with E-state index in [0.717, 1.165) is 16.8 Å². The van der Waals surface area contributed by atoms with Crippen LogP contribution in [-0.2, 0) is 0 Å². The van der Waals surface area contributed by atoms with Crippen molar-refractivity contribution < 1.29 is 14.7 Å². The summed E-state index contributed by atoms with van der Waals surface area (Å²) in [4.78, 5) is 26.0. The molecule has 0 radical (unpaired) electrons. The number of anilines is 2. The van der Waals surface area contributed by atoms with Crippen molar-refractivity contribution in [1.29, 1.82) is 0 Å². The van der Waals surface area contributed by atoms with Crippen LogP contribution >= 0.6 is 0 Å². The van der Waals surface area contributed by atoms with Crippen LogP contribution in [0.3, 0.4) is 0 Å². The van der Waals surface area contributed by atoms with Crippen LogP contribution in [0.15, 0.2) is 54.6 Å². The summed E-state index contributed by atoms with van der Waals surface area (Å²) in [7, 11) is 0. The third-order valence-corrected chi connectivity index (χ3v) is 5.07. The van der Waals surface area contributed by atoms with E-state index in [1.807, 2.05) is 32.0 Å². The Morgan fingerprint density at radius 2 is 1.46 bits per heavy atom. The fourth-order valence-electron chi connectivity index (χ4n) is 3.74. The lowest BCUT2D eigenvalue weighted by molar-refractivity contribution is 0.0799. The fourth-order valence-corrected chi connectivity index (χ4v) is 3.74. The number of phenolic OH excluding ortho intramolecular Hbond substituents is 1. The van der Waals surface area contributed by atoms with Crippen LogP contribution in [0.5, 0.6) is 5.75 Å². The molecule has 4 heteroatoms. The van der Waals surface area contributed by atoms with Crippen LogP contribution in [0.4, 0.5) is 11.4 Å². The van der Waals surface area contributed by atoms with Crippen molar-refractivity contribution in [3.8, 4) is 5.75 Å². The molecule has 2 aliphatic rings. The molecule has 0 bridgehead atoms. The highest BCUT2D eigenvalue weighted by molar-refractivity contribution is 6.21. The Morgan fingerprint density at radius 1 is 0.846 bits per heavy atom. The molecule has 0 amide bonds. The van der Waals surface area contributed by atoms with Gasteiger partial charge in [-0.25, -0.2) is 0 Å². The predicted molar refractivity (Wildman–Crippen MR) is 101 cm³/mol. The first-order chi connectivity index (χ1) is 12.5. The van der Waals surface area contributed by atoms with Gasteiger partial charge in [-0.3, -0.25) is 9.59 Å². The number of aromatic hydroxyl groups is 1. The Morgan fingerprint density at radius 3 is 2.12 bits per heavy atom. The highest BCUT2D eigenvalue weighted by Crippen LogP contribution is 2.41. The van der Waals surface area contributed by atoms with E-state index < -0.39 is 11.8 Å². The van der Waals surface area contributed by atoms with Crippen LogP contribution in [-0.4, -0.2) is 16.7 Å². The molecule has 2 atom stereocenters. The second-order valence-electron chi connectivity index (χ2n) is 6.88. The smallest absolute Gasteiger partial charge is 0.175 e. The monoisotopic (exact) mass is 345 g/mol. The average molecular weight is 345 g/mol. The Hall–Kier alpha value is -3.14. The minimum atomic E-state index is -0.540. The molecule has 0 saturated carbocycles. The first-order valence-corrected chi connectivity index (χ1v) is 8.61. The molecular formula is C22H19NO3. The van der Waals surface area contributed by atoms with Gasteiger partial charge in [0, 0.05) is 5.69 Å². The van der Waals surface area contributed by atoms with Gasteiger partial charge >= 0.3 is 0 Å². The summed E-state index contributed by atoms with van der Waals surface area (Å²) in [5.41, 5.74) is 3.99. The maximum absolute atomic E-state index is 13.1. The number of Topliss-reactive ketones (excluding diaryl/α,β-unsaturated/α-hetero) is 2. The number of allylic oxidation sites excluding steroid dienone is 4. The summed E-state index contributed by atoms with van der Waals surface area (Å²) in [5, 5.41) is 13.5. The zero-order valence-corrected chi connectivity index (χ0v) is 14.6. The van der Waals surface area contributed by atoms with E-state index in [1.165, 1.54) is 6.07 Å². The lowest BCUT2D eigenvalue weighted by atomic mass is 9.71. The second kappa shape index (κ2) is 5.99. The highest BCUT2D eigenvalue weighted by Gasteiger charge is 2.42. The molecular weight excluding hydrogens is 326 g/mol. The Bertz CT molecular complexity index is 1000. The van der Waals surface area contributed by atoms with E-state index in [9.17, 15) is 14.7 Å². The normalized spacial score (nSPS) is 20.7. The van der Waals surface area contributed by atoms with Crippen molar-refractivity contribution in [2.45, 2.75) is 13.8 Å². The topological polar surface area (TPSA) is 66.4 Å². The van der Waals surface area contributed by atoms with Crippen LogP contribution < -0.4 is 5.32 Å². The third kappa shape index (κ3) is 2.46. The van der Waals surface area contributed by atoms with Crippen LogP contribution in [0, 0.1) is 25.7 Å². The lowest BCUT2D eigenvalue weighted by Crippen LogP contribution is -2.35. The summed E-state index contributed by atoms with van der Waals surface area (Å²) < 4.78 is 0. The molecule has 0 fully saturated rings. The number of carbonyl (C=O) groups is 2. The largest absolute Gasteiger partial charge is 0.507 e. The Kier molecular flexibility index (Phi) is 3.76. The fraction of sp³-hybridized carbons (Fsp3) is 0.182. The molecule has 0 aliphatic heterocycles. The molecule has 0 aromatic heterocycles. The zero-order valence-electron chi connectivity index (χ0n) is 14.6. The van der Waals surface area contributed by atoms with Gasteiger partial charge in [-0.1, -0.05) is 42.0 Å². The zero-order chi connectivity index (χ0) is 18.4. The molecule has 2 aromatic rings. The molecule has 26 heavy (non-hydrogen) atoms. The van der Waals surface area contributed by atoms with E-state index in [2.05, 4.69) is 5.32 Å². The van der Waals surface area contributed by atoms with Crippen molar-refractivity contribution in [3.05, 3.63) is 76.9 Å². The minimum absolute atomic E-state index is 0.117. The molecule has 0 saturated heterocycles. The van der Waals surface area contributed by atoms with Gasteiger partial charge < -0.3 is 10.4 Å². The van der Waals surface area contributed by atoms with Crippen molar-refractivity contribution in [2.75, 3.05) is 5.32 Å². The molecule has 2 aromatic carbocycles. The number of fused-ring (bicyclic) bond motifs is 2. The molecule has 0 spiro atoms. The quantitative estimate of drug-likeness (QED) is 0.787. The molecule has 130 valence electrons.